The Kier molecular flexibility index (Phi) is 15.3. The molecule has 22 heavy (non-hydrogen) atoms. The summed E-state index contributed by atoms with van der Waals surface area (Å²) < 4.78 is 0. The third kappa shape index (κ3) is 12.1. The standard InChI is InChI=1S/2C8H14O2.Ga.H2O/c2*9-8(10)6-7-4-2-1-3-5-7;;/h2*7H,1-6H2,(H,9,10);;1H2/q;;+3;/p-3. The van der Waals surface area contributed by atoms with Crippen LogP contribution >= 0.6 is 0 Å². The van der Waals surface area contributed by atoms with Crippen LogP contribution in [0.25, 0.3) is 0 Å². The first-order valence-corrected chi connectivity index (χ1v) is 7.97. The van der Waals surface area contributed by atoms with E-state index in [-0.39, 0.29) is 38.1 Å². The Morgan fingerprint density at radius 1 is 0.682 bits per heavy atom. The number of carboxylic acids is 2. The summed E-state index contributed by atoms with van der Waals surface area (Å²) in [7, 11) is 0. The van der Waals surface area contributed by atoms with Gasteiger partial charge in [-0.15, -0.1) is 0 Å². The number of carboxylic acid groups (broad SMARTS) is 2. The topological polar surface area (TPSA) is 110 Å². The zero-order valence-corrected chi connectivity index (χ0v) is 15.7. The minimum atomic E-state index is -0.882. The summed E-state index contributed by atoms with van der Waals surface area (Å²) in [5.41, 5.74) is 0. The smallest absolute Gasteiger partial charge is 0.870 e. The first-order chi connectivity index (χ1) is 9.58. The molecule has 0 spiro atoms. The van der Waals surface area contributed by atoms with Gasteiger partial charge < -0.3 is 25.3 Å². The van der Waals surface area contributed by atoms with Crippen molar-refractivity contribution in [1.29, 1.82) is 0 Å². The fourth-order valence-corrected chi connectivity index (χ4v) is 3.25. The Labute approximate surface area is 146 Å². The average molecular weight is 369 g/mol. The van der Waals surface area contributed by atoms with Crippen LogP contribution in [0.1, 0.15) is 77.0 Å². The van der Waals surface area contributed by atoms with Crippen molar-refractivity contribution in [3.63, 3.8) is 0 Å². The van der Waals surface area contributed by atoms with E-state index in [2.05, 4.69) is 0 Å². The third-order valence-corrected chi connectivity index (χ3v) is 4.36. The molecule has 0 aromatic rings. The molecule has 2 fully saturated rings. The minimum Gasteiger partial charge on any atom is -0.870 e. The number of carbonyl (C=O) groups excluding carboxylic acids is 2. The van der Waals surface area contributed by atoms with Crippen LogP contribution in [0.2, 0.25) is 0 Å². The van der Waals surface area contributed by atoms with Crippen molar-refractivity contribution in [2.24, 2.45) is 11.8 Å². The molecule has 0 heterocycles. The van der Waals surface area contributed by atoms with E-state index in [1.54, 1.807) is 0 Å². The molecule has 2 aliphatic carbocycles. The van der Waals surface area contributed by atoms with E-state index in [1.165, 1.54) is 38.5 Å². The van der Waals surface area contributed by atoms with Gasteiger partial charge in [0.25, 0.3) is 0 Å². The van der Waals surface area contributed by atoms with Crippen LogP contribution < -0.4 is 10.2 Å². The van der Waals surface area contributed by atoms with E-state index in [1.807, 2.05) is 0 Å². The molecular formula is C16H27GaO5. The summed E-state index contributed by atoms with van der Waals surface area (Å²) in [5, 5.41) is 20.3. The molecule has 0 aliphatic heterocycles. The largest absolute Gasteiger partial charge is 3.00 e. The minimum absolute atomic E-state index is 0. The van der Waals surface area contributed by atoms with E-state index in [4.69, 9.17) is 0 Å². The summed E-state index contributed by atoms with van der Waals surface area (Å²) in [6, 6.07) is 0. The van der Waals surface area contributed by atoms with E-state index >= 15 is 0 Å². The number of hydrogen-bond acceptors (Lipinski definition) is 5. The van der Waals surface area contributed by atoms with Crippen molar-refractivity contribution in [3.8, 4) is 0 Å². The molecule has 2 aliphatic rings. The van der Waals surface area contributed by atoms with Gasteiger partial charge in [-0.3, -0.25) is 0 Å². The Hall–Kier alpha value is -0.464. The van der Waals surface area contributed by atoms with Crippen molar-refractivity contribution < 1.29 is 25.3 Å². The van der Waals surface area contributed by atoms with Crippen molar-refractivity contribution in [3.05, 3.63) is 0 Å². The van der Waals surface area contributed by atoms with E-state index in [0.29, 0.717) is 11.8 Å². The predicted octanol–water partition coefficient (Wildman–Crippen LogP) is 0.856. The van der Waals surface area contributed by atoms with Crippen LogP contribution in [-0.2, 0) is 9.59 Å². The van der Waals surface area contributed by atoms with Crippen LogP contribution in [0, 0.1) is 11.8 Å². The van der Waals surface area contributed by atoms with Crippen LogP contribution in [0.5, 0.6) is 0 Å². The second-order valence-corrected chi connectivity index (χ2v) is 6.16. The zero-order chi connectivity index (χ0) is 14.8. The Morgan fingerprint density at radius 3 is 1.18 bits per heavy atom. The number of hydrogen-bond donors (Lipinski definition) is 0. The van der Waals surface area contributed by atoms with E-state index in [0.717, 1.165) is 25.7 Å². The van der Waals surface area contributed by atoms with Gasteiger partial charge in [0.2, 0.25) is 0 Å². The summed E-state index contributed by atoms with van der Waals surface area (Å²) >= 11 is 0. The maximum Gasteiger partial charge on any atom is 3.00 e. The van der Waals surface area contributed by atoms with Crippen molar-refractivity contribution in [2.75, 3.05) is 0 Å². The van der Waals surface area contributed by atoms with Gasteiger partial charge in [0, 0.05) is 11.9 Å². The van der Waals surface area contributed by atoms with Gasteiger partial charge in [-0.25, -0.2) is 0 Å². The van der Waals surface area contributed by atoms with Gasteiger partial charge in [0.15, 0.2) is 0 Å². The second kappa shape index (κ2) is 14.1. The van der Waals surface area contributed by atoms with Gasteiger partial charge in [-0.05, 0) is 24.7 Å². The molecule has 0 radical (unpaired) electrons. The molecule has 0 atom stereocenters. The molecule has 0 aromatic carbocycles. The summed E-state index contributed by atoms with van der Waals surface area (Å²) in [4.78, 5) is 20.3. The molecule has 0 bridgehead atoms. The summed E-state index contributed by atoms with van der Waals surface area (Å²) in [6.07, 6.45) is 12.3. The first-order valence-electron chi connectivity index (χ1n) is 7.97. The van der Waals surface area contributed by atoms with Crippen LogP contribution in [-0.4, -0.2) is 37.2 Å². The Bertz CT molecular complexity index is 267. The van der Waals surface area contributed by atoms with Crippen LogP contribution in [0.15, 0.2) is 0 Å². The molecule has 0 unspecified atom stereocenters. The second-order valence-electron chi connectivity index (χ2n) is 6.16. The molecule has 5 nitrogen and oxygen atoms in total. The fraction of sp³-hybridized carbons (Fsp3) is 0.875. The quantitative estimate of drug-likeness (QED) is 0.683. The SMILES string of the molecule is O=C([O-])CC1CCCCC1.O=C([O-])CC1CCCCC1.[Ga+3].[OH-]. The van der Waals surface area contributed by atoms with E-state index < -0.39 is 11.9 Å². The number of rotatable bonds is 4. The Morgan fingerprint density at radius 2 is 0.955 bits per heavy atom. The molecule has 2 rings (SSSR count). The maximum absolute atomic E-state index is 10.2. The van der Waals surface area contributed by atoms with Gasteiger partial charge in [0.05, 0.1) is 0 Å². The normalized spacial score (nSPS) is 18.9. The predicted molar refractivity (Wildman–Crippen MR) is 80.1 cm³/mol. The van der Waals surface area contributed by atoms with Crippen LogP contribution in [0.3, 0.4) is 0 Å². The maximum atomic E-state index is 10.2. The molecule has 124 valence electrons. The van der Waals surface area contributed by atoms with Crippen molar-refractivity contribution >= 4 is 31.7 Å². The zero-order valence-electron chi connectivity index (χ0n) is 13.3. The monoisotopic (exact) mass is 368 g/mol. The summed E-state index contributed by atoms with van der Waals surface area (Å²) in [6.45, 7) is 0. The van der Waals surface area contributed by atoms with Crippen molar-refractivity contribution in [1.82, 2.24) is 0 Å². The van der Waals surface area contributed by atoms with Crippen LogP contribution in [0.4, 0.5) is 0 Å². The molecule has 0 aromatic heterocycles. The first kappa shape index (κ1) is 23.8. The molecule has 2 saturated carbocycles. The van der Waals surface area contributed by atoms with Crippen molar-refractivity contribution in [2.45, 2.75) is 77.0 Å². The molecular weight excluding hydrogens is 342 g/mol. The molecule has 6 heteroatoms. The average Bonchev–Trinajstić information content (AvgIpc) is 2.40. The summed E-state index contributed by atoms with van der Waals surface area (Å²) in [5.74, 6) is -0.934. The molecule has 0 saturated heterocycles. The number of aliphatic carboxylic acids is 2. The number of carbonyl (C=O) groups is 2. The van der Waals surface area contributed by atoms with E-state index in [9.17, 15) is 19.8 Å². The van der Waals surface area contributed by atoms with Gasteiger partial charge in [-0.1, -0.05) is 64.2 Å². The molecule has 0 amide bonds. The molecule has 1 N–H and O–H groups in total. The third-order valence-electron chi connectivity index (χ3n) is 4.36. The Balaban J connectivity index is 0. The van der Waals surface area contributed by atoms with Gasteiger partial charge in [0.1, 0.15) is 0 Å². The van der Waals surface area contributed by atoms with Gasteiger partial charge in [-0.2, -0.15) is 0 Å². The fourth-order valence-electron chi connectivity index (χ4n) is 3.25. The van der Waals surface area contributed by atoms with Gasteiger partial charge >= 0.3 is 19.8 Å².